The Morgan fingerprint density at radius 2 is 1.90 bits per heavy atom. The molecule has 1 N–H and O–H groups in total. The van der Waals surface area contributed by atoms with E-state index in [9.17, 15) is 23.1 Å². The van der Waals surface area contributed by atoms with Crippen molar-refractivity contribution < 1.29 is 32.5 Å². The molecule has 168 valence electrons. The molecule has 0 spiro atoms. The molecule has 5 nitrogen and oxygen atoms in total. The quantitative estimate of drug-likeness (QED) is 0.650. The lowest BCUT2D eigenvalue weighted by Gasteiger charge is -2.40. The fourth-order valence-electron chi connectivity index (χ4n) is 4.12. The third kappa shape index (κ3) is 5.12. The summed E-state index contributed by atoms with van der Waals surface area (Å²) in [5.41, 5.74) is 0.268. The van der Waals surface area contributed by atoms with E-state index in [1.807, 2.05) is 6.92 Å². The molecular formula is C23H26F3NO4. The lowest BCUT2D eigenvalue weighted by molar-refractivity contribution is -0.145. The van der Waals surface area contributed by atoms with Gasteiger partial charge in [-0.1, -0.05) is 24.6 Å². The van der Waals surface area contributed by atoms with Gasteiger partial charge in [0.1, 0.15) is 6.04 Å². The minimum Gasteiger partial charge on any atom is -0.493 e. The van der Waals surface area contributed by atoms with Gasteiger partial charge in [0.15, 0.2) is 11.5 Å². The van der Waals surface area contributed by atoms with Crippen LogP contribution in [-0.2, 0) is 11.0 Å². The number of alkyl halides is 3. The number of benzene rings is 2. The smallest absolute Gasteiger partial charge is 0.416 e. The highest BCUT2D eigenvalue weighted by Crippen LogP contribution is 2.40. The van der Waals surface area contributed by atoms with Gasteiger partial charge in [-0.2, -0.15) is 13.2 Å². The van der Waals surface area contributed by atoms with Crippen LogP contribution in [0.3, 0.4) is 0 Å². The van der Waals surface area contributed by atoms with Crippen molar-refractivity contribution in [3.8, 4) is 11.5 Å². The molecule has 2 atom stereocenters. The van der Waals surface area contributed by atoms with Crippen molar-refractivity contribution in [2.75, 3.05) is 20.3 Å². The molecule has 1 saturated heterocycles. The van der Waals surface area contributed by atoms with Crippen LogP contribution >= 0.6 is 0 Å². The maximum absolute atomic E-state index is 13.4. The molecule has 31 heavy (non-hydrogen) atoms. The van der Waals surface area contributed by atoms with E-state index in [4.69, 9.17) is 9.47 Å². The Kier molecular flexibility index (Phi) is 7.10. The molecule has 1 aliphatic rings. The van der Waals surface area contributed by atoms with E-state index in [0.29, 0.717) is 42.2 Å². The van der Waals surface area contributed by atoms with Gasteiger partial charge in [-0.05, 0) is 61.7 Å². The first-order chi connectivity index (χ1) is 14.8. The lowest BCUT2D eigenvalue weighted by Crippen LogP contribution is -2.46. The predicted molar refractivity (Wildman–Crippen MR) is 109 cm³/mol. The van der Waals surface area contributed by atoms with Crippen LogP contribution in [0.15, 0.2) is 42.5 Å². The van der Waals surface area contributed by atoms with Crippen molar-refractivity contribution in [1.29, 1.82) is 0 Å². The Balaban J connectivity index is 2.16. The average molecular weight is 437 g/mol. The summed E-state index contributed by atoms with van der Waals surface area (Å²) in [6, 6.07) is 8.80. The number of carboxylic acids is 1. The molecular weight excluding hydrogens is 411 g/mol. The number of carboxylic acid groups (broad SMARTS) is 1. The van der Waals surface area contributed by atoms with Gasteiger partial charge in [0.25, 0.3) is 0 Å². The number of carbonyl (C=O) groups is 1. The van der Waals surface area contributed by atoms with Crippen LogP contribution in [0.25, 0.3) is 0 Å². The molecule has 0 saturated carbocycles. The van der Waals surface area contributed by atoms with E-state index >= 15 is 0 Å². The fraction of sp³-hybridized carbons (Fsp3) is 0.435. The molecule has 0 aliphatic carbocycles. The molecule has 0 bridgehead atoms. The minimum absolute atomic E-state index is 0.384. The van der Waals surface area contributed by atoms with Crippen molar-refractivity contribution in [2.45, 2.75) is 44.4 Å². The molecule has 0 radical (unpaired) electrons. The number of halogens is 3. The van der Waals surface area contributed by atoms with E-state index in [-0.39, 0.29) is 0 Å². The zero-order chi connectivity index (χ0) is 22.6. The molecule has 2 aromatic carbocycles. The Bertz CT molecular complexity index is 916. The summed E-state index contributed by atoms with van der Waals surface area (Å²) in [6.45, 7) is 2.67. The van der Waals surface area contributed by atoms with Gasteiger partial charge in [-0.25, -0.2) is 0 Å². The van der Waals surface area contributed by atoms with Gasteiger partial charge in [0.2, 0.25) is 0 Å². The third-order valence-corrected chi connectivity index (χ3v) is 5.49. The normalized spacial score (nSPS) is 18.4. The lowest BCUT2D eigenvalue weighted by atomic mass is 9.90. The number of nitrogens with zero attached hydrogens (tertiary/aromatic N) is 1. The summed E-state index contributed by atoms with van der Waals surface area (Å²) in [7, 11) is 1.51. The zero-order valence-corrected chi connectivity index (χ0v) is 17.5. The highest BCUT2D eigenvalue weighted by atomic mass is 19.4. The van der Waals surface area contributed by atoms with E-state index in [2.05, 4.69) is 0 Å². The largest absolute Gasteiger partial charge is 0.493 e. The van der Waals surface area contributed by atoms with Crippen LogP contribution in [0.1, 0.15) is 48.9 Å². The van der Waals surface area contributed by atoms with Crippen molar-refractivity contribution in [3.05, 3.63) is 59.2 Å². The van der Waals surface area contributed by atoms with Gasteiger partial charge in [0.05, 0.1) is 25.3 Å². The maximum Gasteiger partial charge on any atom is 0.416 e. The van der Waals surface area contributed by atoms with E-state index in [1.165, 1.54) is 13.2 Å². The van der Waals surface area contributed by atoms with Gasteiger partial charge in [0, 0.05) is 0 Å². The number of hydrogen-bond donors (Lipinski definition) is 1. The molecule has 8 heteroatoms. The molecule has 1 aliphatic heterocycles. The van der Waals surface area contributed by atoms with Crippen LogP contribution in [0.4, 0.5) is 13.2 Å². The van der Waals surface area contributed by atoms with Gasteiger partial charge in [-0.15, -0.1) is 0 Å². The summed E-state index contributed by atoms with van der Waals surface area (Å²) in [6.07, 6.45) is -2.52. The van der Waals surface area contributed by atoms with Gasteiger partial charge >= 0.3 is 12.1 Å². The summed E-state index contributed by atoms with van der Waals surface area (Å²) >= 11 is 0. The van der Waals surface area contributed by atoms with E-state index < -0.39 is 29.8 Å². The van der Waals surface area contributed by atoms with E-state index in [0.717, 1.165) is 25.0 Å². The highest BCUT2D eigenvalue weighted by molar-refractivity contribution is 5.73. The van der Waals surface area contributed by atoms with Gasteiger partial charge in [-0.3, -0.25) is 9.69 Å². The second-order valence-electron chi connectivity index (χ2n) is 7.46. The number of rotatable bonds is 7. The first-order valence-corrected chi connectivity index (χ1v) is 10.2. The van der Waals surface area contributed by atoms with Crippen LogP contribution in [0.5, 0.6) is 11.5 Å². The third-order valence-electron chi connectivity index (χ3n) is 5.49. The monoisotopic (exact) mass is 437 g/mol. The number of ether oxygens (including phenoxy) is 2. The second-order valence-corrected chi connectivity index (χ2v) is 7.46. The number of aliphatic carboxylic acids is 1. The summed E-state index contributed by atoms with van der Waals surface area (Å²) in [4.78, 5) is 13.7. The number of hydrogen-bond acceptors (Lipinski definition) is 4. The molecule has 0 amide bonds. The number of likely N-dealkylation sites (tertiary alicyclic amines) is 1. The molecule has 2 aromatic rings. The molecule has 1 heterocycles. The van der Waals surface area contributed by atoms with E-state index in [1.54, 1.807) is 29.2 Å². The SMILES string of the molecule is CCOc1cc(C(c2cccc(C(F)(F)F)c2)N2CCCCC2C(=O)O)ccc1OC. The van der Waals surface area contributed by atoms with Crippen molar-refractivity contribution in [1.82, 2.24) is 4.90 Å². The molecule has 2 unspecified atom stereocenters. The Morgan fingerprint density at radius 3 is 2.55 bits per heavy atom. The minimum atomic E-state index is -4.49. The molecule has 3 rings (SSSR count). The Labute approximate surface area is 179 Å². The summed E-state index contributed by atoms with van der Waals surface area (Å²) in [5.74, 6) is -0.0135. The number of piperidine rings is 1. The molecule has 1 fully saturated rings. The first-order valence-electron chi connectivity index (χ1n) is 10.2. The Hall–Kier alpha value is -2.74. The van der Waals surface area contributed by atoms with Crippen LogP contribution in [-0.4, -0.2) is 42.3 Å². The topological polar surface area (TPSA) is 59.0 Å². The maximum atomic E-state index is 13.4. The summed E-state index contributed by atoms with van der Waals surface area (Å²) in [5, 5.41) is 9.79. The van der Waals surface area contributed by atoms with Crippen LogP contribution in [0, 0.1) is 0 Å². The second kappa shape index (κ2) is 9.60. The summed E-state index contributed by atoms with van der Waals surface area (Å²) < 4.78 is 51.2. The number of methoxy groups -OCH3 is 1. The predicted octanol–water partition coefficient (Wildman–Crippen LogP) is 5.14. The zero-order valence-electron chi connectivity index (χ0n) is 17.5. The fourth-order valence-corrected chi connectivity index (χ4v) is 4.12. The van der Waals surface area contributed by atoms with Crippen LogP contribution < -0.4 is 9.47 Å². The standard InChI is InChI=1S/C23H26F3NO4/c1-3-31-20-14-16(10-11-19(20)30-2)21(27-12-5-4-9-18(27)22(28)29)15-7-6-8-17(13-15)23(24,25)26/h6-8,10-11,13-14,18,21H,3-5,9,12H2,1-2H3,(H,28,29). The van der Waals surface area contributed by atoms with Crippen molar-refractivity contribution in [3.63, 3.8) is 0 Å². The van der Waals surface area contributed by atoms with Crippen LogP contribution in [0.2, 0.25) is 0 Å². The van der Waals surface area contributed by atoms with Crippen molar-refractivity contribution >= 4 is 5.97 Å². The highest BCUT2D eigenvalue weighted by Gasteiger charge is 2.37. The average Bonchev–Trinajstić information content (AvgIpc) is 2.74. The Morgan fingerprint density at radius 1 is 1.16 bits per heavy atom. The first kappa shape index (κ1) is 22.9. The van der Waals surface area contributed by atoms with Crippen molar-refractivity contribution in [2.24, 2.45) is 0 Å². The molecule has 0 aromatic heterocycles. The van der Waals surface area contributed by atoms with Gasteiger partial charge < -0.3 is 14.6 Å².